The van der Waals surface area contributed by atoms with Crippen molar-refractivity contribution in [2.75, 3.05) is 53.1 Å². The normalized spacial score (nSPS) is 22.9. The van der Waals surface area contributed by atoms with Gasteiger partial charge in [-0.25, -0.2) is 0 Å². The Morgan fingerprint density at radius 2 is 1.85 bits per heavy atom. The zero-order chi connectivity index (χ0) is 28.6. The van der Waals surface area contributed by atoms with Gasteiger partial charge in [0.05, 0.1) is 25.4 Å². The first-order valence-corrected chi connectivity index (χ1v) is 13.5. The van der Waals surface area contributed by atoms with Crippen molar-refractivity contribution in [1.29, 1.82) is 0 Å². The first-order valence-electron chi connectivity index (χ1n) is 13.5. The number of nitrogens with one attached hydrogen (secondary N) is 2. The van der Waals surface area contributed by atoms with Gasteiger partial charge in [-0.05, 0) is 43.9 Å². The molecule has 0 unspecified atom stereocenters. The van der Waals surface area contributed by atoms with Gasteiger partial charge < -0.3 is 34.6 Å². The summed E-state index contributed by atoms with van der Waals surface area (Å²) >= 11 is 0. The number of carbonyl (C=O) groups is 4. The molecule has 216 valence electrons. The van der Waals surface area contributed by atoms with Crippen LogP contribution in [-0.4, -0.2) is 104 Å². The van der Waals surface area contributed by atoms with Crippen molar-refractivity contribution < 1.29 is 33.4 Å². The molecule has 0 aromatic heterocycles. The molecule has 3 heterocycles. The van der Waals surface area contributed by atoms with Crippen molar-refractivity contribution in [2.45, 2.75) is 58.2 Å². The van der Waals surface area contributed by atoms with E-state index in [1.807, 2.05) is 39.8 Å². The Morgan fingerprint density at radius 1 is 1.13 bits per heavy atom. The molecule has 1 saturated heterocycles. The van der Waals surface area contributed by atoms with Gasteiger partial charge in [0.25, 0.3) is 5.91 Å². The average Bonchev–Trinajstić information content (AvgIpc) is 2.87. The van der Waals surface area contributed by atoms with Gasteiger partial charge in [-0.3, -0.25) is 19.2 Å². The van der Waals surface area contributed by atoms with Crippen LogP contribution in [0.5, 0.6) is 5.75 Å². The van der Waals surface area contributed by atoms with Gasteiger partial charge in [0.2, 0.25) is 17.7 Å². The predicted molar refractivity (Wildman–Crippen MR) is 144 cm³/mol. The van der Waals surface area contributed by atoms with Crippen LogP contribution in [0.2, 0.25) is 0 Å². The predicted octanol–water partition coefficient (Wildman–Crippen LogP) is 0.750. The Balaban J connectivity index is 1.91. The smallest absolute Gasteiger partial charge is 0.258 e. The fourth-order valence-electron chi connectivity index (χ4n) is 4.76. The molecule has 1 fully saturated rings. The Kier molecular flexibility index (Phi) is 10.7. The third-order valence-electron chi connectivity index (χ3n) is 6.66. The number of carbonyl (C=O) groups excluding carboxylic acids is 4. The summed E-state index contributed by atoms with van der Waals surface area (Å²) in [4.78, 5) is 56.3. The van der Waals surface area contributed by atoms with Gasteiger partial charge in [-0.15, -0.1) is 0 Å². The van der Waals surface area contributed by atoms with E-state index in [4.69, 9.17) is 14.2 Å². The van der Waals surface area contributed by atoms with E-state index in [9.17, 15) is 19.2 Å². The molecule has 0 radical (unpaired) electrons. The highest BCUT2D eigenvalue weighted by Gasteiger charge is 2.35. The highest BCUT2D eigenvalue weighted by Crippen LogP contribution is 2.19. The molecule has 1 aromatic carbocycles. The summed E-state index contributed by atoms with van der Waals surface area (Å²) in [6, 6.07) is 5.39. The SMILES string of the molecule is COCCN1CC(=O)N[C@H](C(=O)N2CCOC(C)(C)C2)Cc2ccc(cc2)OCC(=O)N[C@@H](CC(C)C)C1=O. The van der Waals surface area contributed by atoms with Crippen LogP contribution in [0.1, 0.15) is 39.7 Å². The number of fused-ring (bicyclic) bond motifs is 13. The molecule has 0 saturated carbocycles. The molecule has 0 spiro atoms. The van der Waals surface area contributed by atoms with Crippen molar-refractivity contribution in [3.63, 3.8) is 0 Å². The quantitative estimate of drug-likeness (QED) is 0.504. The maximum atomic E-state index is 13.6. The second-order valence-corrected chi connectivity index (χ2v) is 11.1. The molecule has 4 rings (SSSR count). The Labute approximate surface area is 230 Å². The molecule has 2 atom stereocenters. The van der Waals surface area contributed by atoms with E-state index in [0.717, 1.165) is 5.56 Å². The zero-order valence-corrected chi connectivity index (χ0v) is 23.7. The van der Waals surface area contributed by atoms with Crippen molar-refractivity contribution in [2.24, 2.45) is 5.92 Å². The summed E-state index contributed by atoms with van der Waals surface area (Å²) in [5, 5.41) is 5.65. The van der Waals surface area contributed by atoms with E-state index in [-0.39, 0.29) is 44.5 Å². The minimum atomic E-state index is -0.839. The van der Waals surface area contributed by atoms with E-state index in [1.165, 1.54) is 12.0 Å². The van der Waals surface area contributed by atoms with Crippen LogP contribution < -0.4 is 15.4 Å². The van der Waals surface area contributed by atoms with Crippen LogP contribution >= 0.6 is 0 Å². The summed E-state index contributed by atoms with van der Waals surface area (Å²) in [5.41, 5.74) is 0.323. The molecule has 39 heavy (non-hydrogen) atoms. The zero-order valence-electron chi connectivity index (χ0n) is 23.7. The van der Waals surface area contributed by atoms with Crippen molar-refractivity contribution >= 4 is 23.6 Å². The molecule has 0 aliphatic carbocycles. The summed E-state index contributed by atoms with van der Waals surface area (Å²) in [7, 11) is 1.51. The van der Waals surface area contributed by atoms with Gasteiger partial charge in [0.15, 0.2) is 6.61 Å². The molecule has 2 N–H and O–H groups in total. The van der Waals surface area contributed by atoms with Crippen molar-refractivity contribution in [3.8, 4) is 5.75 Å². The largest absolute Gasteiger partial charge is 0.484 e. The lowest BCUT2D eigenvalue weighted by Gasteiger charge is -2.39. The lowest BCUT2D eigenvalue weighted by Crippen LogP contribution is -2.58. The molecular formula is C28H42N4O7. The molecule has 1 aromatic rings. The fraction of sp³-hybridized carbons (Fsp3) is 0.643. The lowest BCUT2D eigenvalue weighted by molar-refractivity contribution is -0.149. The first kappa shape index (κ1) is 30.4. The highest BCUT2D eigenvalue weighted by molar-refractivity contribution is 5.93. The van der Waals surface area contributed by atoms with Crippen LogP contribution in [-0.2, 0) is 35.1 Å². The minimum Gasteiger partial charge on any atom is -0.484 e. The number of amides is 4. The van der Waals surface area contributed by atoms with Gasteiger partial charge >= 0.3 is 0 Å². The van der Waals surface area contributed by atoms with Crippen LogP contribution in [0, 0.1) is 5.92 Å². The summed E-state index contributed by atoms with van der Waals surface area (Å²) in [6.45, 7) is 8.82. The number of nitrogens with zero attached hydrogens (tertiary/aromatic N) is 2. The van der Waals surface area contributed by atoms with E-state index in [2.05, 4.69) is 10.6 Å². The van der Waals surface area contributed by atoms with Crippen LogP contribution in [0.25, 0.3) is 0 Å². The number of benzene rings is 1. The van der Waals surface area contributed by atoms with Gasteiger partial charge in [-0.2, -0.15) is 0 Å². The molecular weight excluding hydrogens is 504 g/mol. The van der Waals surface area contributed by atoms with Gasteiger partial charge in [-0.1, -0.05) is 26.0 Å². The standard InChI is InChI=1S/C28H42N4O7/c1-19(2)14-22-26(35)31(10-12-37-5)16-24(33)29-23(27(36)32-11-13-39-28(3,4)18-32)15-20-6-8-21(9-7-20)38-17-25(34)30-22/h6-9,19,22-23H,10-18H2,1-5H3,(H,29,33)(H,30,34)/t22-,23-/m0/s1. The topological polar surface area (TPSA) is 127 Å². The van der Waals surface area contributed by atoms with E-state index >= 15 is 0 Å². The third kappa shape index (κ3) is 9.21. The fourth-order valence-corrected chi connectivity index (χ4v) is 4.76. The molecule has 11 nitrogen and oxygen atoms in total. The Bertz CT molecular complexity index is 1010. The van der Waals surface area contributed by atoms with Gasteiger partial charge in [0, 0.05) is 33.2 Å². The second-order valence-electron chi connectivity index (χ2n) is 11.1. The van der Waals surface area contributed by atoms with Crippen molar-refractivity contribution in [3.05, 3.63) is 29.8 Å². The molecule has 11 heteroatoms. The first-order chi connectivity index (χ1) is 18.5. The van der Waals surface area contributed by atoms with Crippen molar-refractivity contribution in [1.82, 2.24) is 20.4 Å². The second kappa shape index (κ2) is 13.7. The highest BCUT2D eigenvalue weighted by atomic mass is 16.5. The molecule has 4 amide bonds. The number of ether oxygens (including phenoxy) is 3. The summed E-state index contributed by atoms with van der Waals surface area (Å²) in [6.07, 6.45) is 0.642. The number of hydrogen-bond acceptors (Lipinski definition) is 7. The lowest BCUT2D eigenvalue weighted by atomic mass is 10.0. The van der Waals surface area contributed by atoms with Crippen LogP contribution in [0.4, 0.5) is 0 Å². The van der Waals surface area contributed by atoms with E-state index in [0.29, 0.717) is 31.9 Å². The monoisotopic (exact) mass is 546 g/mol. The van der Waals surface area contributed by atoms with E-state index in [1.54, 1.807) is 17.0 Å². The molecule has 3 aliphatic heterocycles. The van der Waals surface area contributed by atoms with Crippen LogP contribution in [0.15, 0.2) is 24.3 Å². The number of methoxy groups -OCH3 is 1. The maximum Gasteiger partial charge on any atom is 0.258 e. The van der Waals surface area contributed by atoms with E-state index < -0.39 is 35.4 Å². The Hall–Kier alpha value is -3.18. The molecule has 3 aliphatic rings. The van der Waals surface area contributed by atoms with Crippen LogP contribution in [0.3, 0.4) is 0 Å². The summed E-state index contributed by atoms with van der Waals surface area (Å²) < 4.78 is 16.6. The number of morpholine rings is 1. The Morgan fingerprint density at radius 3 is 2.49 bits per heavy atom. The third-order valence-corrected chi connectivity index (χ3v) is 6.66. The van der Waals surface area contributed by atoms with Gasteiger partial charge in [0.1, 0.15) is 17.8 Å². The number of hydrogen-bond donors (Lipinski definition) is 2. The summed E-state index contributed by atoms with van der Waals surface area (Å²) in [5.74, 6) is -0.904. The maximum absolute atomic E-state index is 13.6. The minimum absolute atomic E-state index is 0.108. The molecule has 2 bridgehead atoms. The average molecular weight is 547 g/mol. The number of rotatable bonds is 6.